The molecule has 88 valence electrons. The summed E-state index contributed by atoms with van der Waals surface area (Å²) in [4.78, 5) is 3.96. The first-order valence-corrected chi connectivity index (χ1v) is 5.06. The Morgan fingerprint density at radius 1 is 1.24 bits per heavy atom. The number of nitrogens with zero attached hydrogens (tertiary/aromatic N) is 1. The zero-order valence-corrected chi connectivity index (χ0v) is 9.27. The van der Waals surface area contributed by atoms with Crippen molar-refractivity contribution in [3.8, 4) is 11.5 Å². The maximum atomic E-state index is 13.1. The summed E-state index contributed by atoms with van der Waals surface area (Å²) in [6, 6.07) is 7.91. The number of hydrogen-bond acceptors (Lipinski definition) is 4. The van der Waals surface area contributed by atoms with Crippen LogP contribution < -0.4 is 16.0 Å². The largest absolute Gasteiger partial charge is 0.457 e. The van der Waals surface area contributed by atoms with E-state index in [2.05, 4.69) is 10.4 Å². The summed E-state index contributed by atoms with van der Waals surface area (Å²) in [6.45, 7) is 1.68. The molecule has 0 aliphatic rings. The standard InChI is InChI=1S/C12H12FN3O/c1-8-6-9(2-3-11(8)13)17-10-4-5-15-12(7-10)16-14/h2-7H,14H2,1H3,(H,15,16). The van der Waals surface area contributed by atoms with Crippen molar-refractivity contribution in [1.82, 2.24) is 4.98 Å². The number of ether oxygens (including phenoxy) is 1. The van der Waals surface area contributed by atoms with Crippen LogP contribution in [0.3, 0.4) is 0 Å². The van der Waals surface area contributed by atoms with E-state index in [1.165, 1.54) is 6.07 Å². The minimum absolute atomic E-state index is 0.253. The molecule has 0 fully saturated rings. The summed E-state index contributed by atoms with van der Waals surface area (Å²) in [5, 5.41) is 0. The SMILES string of the molecule is Cc1cc(Oc2ccnc(NN)c2)ccc1F. The fourth-order valence-corrected chi connectivity index (χ4v) is 1.37. The maximum absolute atomic E-state index is 13.1. The van der Waals surface area contributed by atoms with Gasteiger partial charge in [0, 0.05) is 12.3 Å². The van der Waals surface area contributed by atoms with Gasteiger partial charge in [0.05, 0.1) is 0 Å². The van der Waals surface area contributed by atoms with E-state index in [1.807, 2.05) is 0 Å². The molecule has 17 heavy (non-hydrogen) atoms. The molecule has 2 rings (SSSR count). The van der Waals surface area contributed by atoms with Crippen molar-refractivity contribution in [3.05, 3.63) is 47.9 Å². The van der Waals surface area contributed by atoms with Gasteiger partial charge in [0.2, 0.25) is 0 Å². The van der Waals surface area contributed by atoms with Crippen LogP contribution in [0.2, 0.25) is 0 Å². The average Bonchev–Trinajstić information content (AvgIpc) is 2.34. The molecule has 0 saturated heterocycles. The Kier molecular flexibility index (Phi) is 3.20. The van der Waals surface area contributed by atoms with Gasteiger partial charge in [-0.2, -0.15) is 0 Å². The number of anilines is 1. The second-order valence-electron chi connectivity index (χ2n) is 3.53. The first-order valence-electron chi connectivity index (χ1n) is 5.06. The topological polar surface area (TPSA) is 60.2 Å². The number of hydrogen-bond donors (Lipinski definition) is 2. The number of aromatic nitrogens is 1. The molecule has 1 aromatic heterocycles. The fraction of sp³-hybridized carbons (Fsp3) is 0.0833. The molecule has 0 radical (unpaired) electrons. The normalized spacial score (nSPS) is 10.1. The van der Waals surface area contributed by atoms with E-state index in [9.17, 15) is 4.39 Å². The third-order valence-corrected chi connectivity index (χ3v) is 2.24. The van der Waals surface area contributed by atoms with Crippen molar-refractivity contribution in [3.63, 3.8) is 0 Å². The lowest BCUT2D eigenvalue weighted by molar-refractivity contribution is 0.479. The van der Waals surface area contributed by atoms with Crippen LogP contribution in [0, 0.1) is 12.7 Å². The van der Waals surface area contributed by atoms with E-state index in [0.29, 0.717) is 22.9 Å². The monoisotopic (exact) mass is 233 g/mol. The lowest BCUT2D eigenvalue weighted by Gasteiger charge is -2.07. The van der Waals surface area contributed by atoms with Crippen LogP contribution in [0.5, 0.6) is 11.5 Å². The van der Waals surface area contributed by atoms with Crippen LogP contribution in [0.4, 0.5) is 10.2 Å². The third kappa shape index (κ3) is 2.70. The van der Waals surface area contributed by atoms with E-state index < -0.39 is 0 Å². The lowest BCUT2D eigenvalue weighted by atomic mass is 10.2. The zero-order chi connectivity index (χ0) is 12.3. The van der Waals surface area contributed by atoms with Gasteiger partial charge < -0.3 is 10.2 Å². The van der Waals surface area contributed by atoms with Gasteiger partial charge in [0.15, 0.2) is 0 Å². The van der Waals surface area contributed by atoms with E-state index in [-0.39, 0.29) is 5.82 Å². The van der Waals surface area contributed by atoms with Gasteiger partial charge in [0.1, 0.15) is 23.1 Å². The Hall–Kier alpha value is -2.14. The molecule has 2 aromatic rings. The van der Waals surface area contributed by atoms with Crippen LogP contribution in [-0.4, -0.2) is 4.98 Å². The van der Waals surface area contributed by atoms with Gasteiger partial charge in [-0.15, -0.1) is 0 Å². The first kappa shape index (κ1) is 11.3. The number of nitrogens with two attached hydrogens (primary N) is 1. The highest BCUT2D eigenvalue weighted by molar-refractivity contribution is 5.41. The summed E-state index contributed by atoms with van der Waals surface area (Å²) in [7, 11) is 0. The summed E-state index contributed by atoms with van der Waals surface area (Å²) in [6.07, 6.45) is 1.57. The van der Waals surface area contributed by atoms with Crippen LogP contribution in [0.1, 0.15) is 5.56 Å². The Morgan fingerprint density at radius 3 is 2.71 bits per heavy atom. The second-order valence-corrected chi connectivity index (χ2v) is 3.53. The Bertz CT molecular complexity index is 531. The highest BCUT2D eigenvalue weighted by Crippen LogP contribution is 2.24. The molecule has 1 heterocycles. The molecule has 0 aliphatic carbocycles. The van der Waals surface area contributed by atoms with Crippen molar-refractivity contribution in [2.24, 2.45) is 5.84 Å². The Morgan fingerprint density at radius 2 is 2.00 bits per heavy atom. The van der Waals surface area contributed by atoms with E-state index in [4.69, 9.17) is 10.6 Å². The van der Waals surface area contributed by atoms with Crippen molar-refractivity contribution in [2.45, 2.75) is 6.92 Å². The number of pyridine rings is 1. The van der Waals surface area contributed by atoms with Crippen LogP contribution in [-0.2, 0) is 0 Å². The Labute approximate surface area is 98.2 Å². The minimum Gasteiger partial charge on any atom is -0.457 e. The van der Waals surface area contributed by atoms with Gasteiger partial charge in [-0.1, -0.05) is 0 Å². The quantitative estimate of drug-likeness (QED) is 0.632. The number of halogens is 1. The Balaban J connectivity index is 2.22. The third-order valence-electron chi connectivity index (χ3n) is 2.24. The molecule has 0 bridgehead atoms. The smallest absolute Gasteiger partial charge is 0.143 e. The van der Waals surface area contributed by atoms with Crippen LogP contribution in [0.15, 0.2) is 36.5 Å². The van der Waals surface area contributed by atoms with Gasteiger partial charge in [0.25, 0.3) is 0 Å². The summed E-state index contributed by atoms with van der Waals surface area (Å²) in [5.74, 6) is 6.64. The minimum atomic E-state index is -0.253. The molecule has 0 amide bonds. The number of rotatable bonds is 3. The fourth-order valence-electron chi connectivity index (χ4n) is 1.37. The van der Waals surface area contributed by atoms with Crippen LogP contribution >= 0.6 is 0 Å². The predicted octanol–water partition coefficient (Wildman–Crippen LogP) is 2.61. The average molecular weight is 233 g/mol. The molecule has 4 nitrogen and oxygen atoms in total. The molecular formula is C12H12FN3O. The van der Waals surface area contributed by atoms with Gasteiger partial charge in [-0.05, 0) is 36.8 Å². The van der Waals surface area contributed by atoms with E-state index in [0.717, 1.165) is 0 Å². The zero-order valence-electron chi connectivity index (χ0n) is 9.27. The summed E-state index contributed by atoms with van der Waals surface area (Å²) < 4.78 is 18.6. The molecule has 0 unspecified atom stereocenters. The van der Waals surface area contributed by atoms with Gasteiger partial charge >= 0.3 is 0 Å². The predicted molar refractivity (Wildman–Crippen MR) is 63.3 cm³/mol. The maximum Gasteiger partial charge on any atom is 0.143 e. The lowest BCUT2D eigenvalue weighted by Crippen LogP contribution is -2.08. The van der Waals surface area contributed by atoms with Crippen molar-refractivity contribution in [2.75, 3.05) is 5.43 Å². The second kappa shape index (κ2) is 4.80. The number of hydrazine groups is 1. The number of benzene rings is 1. The highest BCUT2D eigenvalue weighted by atomic mass is 19.1. The van der Waals surface area contributed by atoms with Crippen molar-refractivity contribution >= 4 is 5.82 Å². The molecule has 0 saturated carbocycles. The molecule has 0 atom stereocenters. The number of nitrogens with one attached hydrogen (secondary N) is 1. The molecule has 5 heteroatoms. The van der Waals surface area contributed by atoms with Crippen molar-refractivity contribution in [1.29, 1.82) is 0 Å². The number of aryl methyl sites for hydroxylation is 1. The summed E-state index contributed by atoms with van der Waals surface area (Å²) in [5.41, 5.74) is 2.96. The summed E-state index contributed by atoms with van der Waals surface area (Å²) >= 11 is 0. The first-order chi connectivity index (χ1) is 8.19. The van der Waals surface area contributed by atoms with Crippen LogP contribution in [0.25, 0.3) is 0 Å². The van der Waals surface area contributed by atoms with Gasteiger partial charge in [-0.25, -0.2) is 15.2 Å². The molecule has 0 spiro atoms. The highest BCUT2D eigenvalue weighted by Gasteiger charge is 2.02. The molecule has 3 N–H and O–H groups in total. The van der Waals surface area contributed by atoms with E-state index >= 15 is 0 Å². The molecular weight excluding hydrogens is 221 g/mol. The van der Waals surface area contributed by atoms with E-state index in [1.54, 1.807) is 37.4 Å². The number of nitrogen functional groups attached to an aromatic ring is 1. The van der Waals surface area contributed by atoms with Gasteiger partial charge in [-0.3, -0.25) is 0 Å². The molecule has 0 aliphatic heterocycles. The molecule has 1 aromatic carbocycles. The van der Waals surface area contributed by atoms with Crippen molar-refractivity contribution < 1.29 is 9.13 Å².